The average molecular weight is 166 g/mol. The molecular weight excluding hydrogens is 144 g/mol. The van der Waals surface area contributed by atoms with Crippen LogP contribution in [-0.4, -0.2) is 0 Å². The van der Waals surface area contributed by atoms with Gasteiger partial charge in [-0.1, -0.05) is 27.7 Å². The van der Waals surface area contributed by atoms with Crippen molar-refractivity contribution in [1.29, 1.82) is 0 Å². The summed E-state index contributed by atoms with van der Waals surface area (Å²) < 4.78 is 0. The fourth-order valence-corrected chi connectivity index (χ4v) is 3.95. The fourth-order valence-electron chi connectivity index (χ4n) is 3.95. The molecular formula is C12H22. The van der Waals surface area contributed by atoms with Crippen molar-refractivity contribution in [3.8, 4) is 0 Å². The molecule has 0 aromatic heterocycles. The van der Waals surface area contributed by atoms with E-state index in [1.54, 1.807) is 0 Å². The lowest BCUT2D eigenvalue weighted by Crippen LogP contribution is -2.47. The molecule has 3 aliphatic rings. The van der Waals surface area contributed by atoms with Gasteiger partial charge < -0.3 is 0 Å². The van der Waals surface area contributed by atoms with Crippen LogP contribution >= 0.6 is 0 Å². The molecule has 0 aromatic rings. The van der Waals surface area contributed by atoms with Crippen molar-refractivity contribution in [2.24, 2.45) is 35.5 Å². The minimum Gasteiger partial charge on any atom is -0.0620 e. The van der Waals surface area contributed by atoms with E-state index < -0.39 is 0 Å². The predicted molar refractivity (Wildman–Crippen MR) is 52.9 cm³/mol. The van der Waals surface area contributed by atoms with E-state index in [0.717, 1.165) is 35.5 Å². The van der Waals surface area contributed by atoms with Gasteiger partial charge in [-0.3, -0.25) is 0 Å². The molecule has 0 nitrogen and oxygen atoms in total. The Morgan fingerprint density at radius 1 is 0.583 bits per heavy atom. The van der Waals surface area contributed by atoms with Crippen LogP contribution in [0.5, 0.6) is 0 Å². The molecule has 0 heterocycles. The second kappa shape index (κ2) is 2.75. The zero-order chi connectivity index (χ0) is 8.88. The summed E-state index contributed by atoms with van der Waals surface area (Å²) in [6.45, 7) is 9.90. The first-order valence-corrected chi connectivity index (χ1v) is 5.63. The first-order valence-electron chi connectivity index (χ1n) is 5.63. The second-order valence-corrected chi connectivity index (χ2v) is 5.34. The van der Waals surface area contributed by atoms with Gasteiger partial charge in [-0.2, -0.15) is 0 Å². The molecule has 0 N–H and O–H groups in total. The van der Waals surface area contributed by atoms with Crippen molar-refractivity contribution in [2.45, 2.75) is 40.5 Å². The minimum atomic E-state index is 0.995. The molecule has 70 valence electrons. The molecule has 3 rings (SSSR count). The van der Waals surface area contributed by atoms with Crippen LogP contribution in [0.2, 0.25) is 0 Å². The zero-order valence-corrected chi connectivity index (χ0v) is 8.88. The Balaban J connectivity index is 2.23. The number of rotatable bonds is 0. The molecule has 2 bridgehead atoms. The Labute approximate surface area is 76.7 Å². The standard InChI is InChI=1S/C12H22/c1-7-8(2)12-6-5-11(7)9(3)10(12)4/h7-12H,5-6H2,1-4H3/t7-,8?,9?,10?,11?,12?/m0/s1. The van der Waals surface area contributed by atoms with Gasteiger partial charge in [0.15, 0.2) is 0 Å². The smallest absolute Gasteiger partial charge is 0.0357 e. The highest BCUT2D eigenvalue weighted by Crippen LogP contribution is 2.53. The van der Waals surface area contributed by atoms with Crippen LogP contribution in [0.15, 0.2) is 0 Å². The summed E-state index contributed by atoms with van der Waals surface area (Å²) in [4.78, 5) is 0. The van der Waals surface area contributed by atoms with E-state index in [-0.39, 0.29) is 0 Å². The predicted octanol–water partition coefficient (Wildman–Crippen LogP) is 3.57. The van der Waals surface area contributed by atoms with Gasteiger partial charge >= 0.3 is 0 Å². The summed E-state index contributed by atoms with van der Waals surface area (Å²) in [5, 5.41) is 0. The zero-order valence-electron chi connectivity index (χ0n) is 8.88. The molecule has 3 fully saturated rings. The molecule has 3 aliphatic carbocycles. The average Bonchev–Trinajstić information content (AvgIpc) is 2.05. The SMILES string of the molecule is CC1C(C)C2CCC1C(C)[C@@H]2C. The Hall–Kier alpha value is 0. The van der Waals surface area contributed by atoms with Gasteiger partial charge in [0.25, 0.3) is 0 Å². The third-order valence-electron chi connectivity index (χ3n) is 5.19. The molecule has 0 saturated heterocycles. The van der Waals surface area contributed by atoms with Gasteiger partial charge in [0.2, 0.25) is 0 Å². The summed E-state index contributed by atoms with van der Waals surface area (Å²) >= 11 is 0. The summed E-state index contributed by atoms with van der Waals surface area (Å²) in [5.74, 6) is 6.06. The Kier molecular flexibility index (Phi) is 1.97. The molecule has 0 aromatic carbocycles. The maximum absolute atomic E-state index is 2.48. The summed E-state index contributed by atoms with van der Waals surface area (Å²) in [7, 11) is 0. The largest absolute Gasteiger partial charge is 0.0620 e. The lowest BCUT2D eigenvalue weighted by atomic mass is 9.52. The van der Waals surface area contributed by atoms with Crippen LogP contribution in [0.25, 0.3) is 0 Å². The van der Waals surface area contributed by atoms with Crippen LogP contribution in [0.3, 0.4) is 0 Å². The summed E-state index contributed by atoms with van der Waals surface area (Å²) in [5.41, 5.74) is 0. The van der Waals surface area contributed by atoms with Crippen LogP contribution in [-0.2, 0) is 0 Å². The minimum absolute atomic E-state index is 0.995. The summed E-state index contributed by atoms with van der Waals surface area (Å²) in [6, 6.07) is 0. The van der Waals surface area contributed by atoms with E-state index in [4.69, 9.17) is 0 Å². The molecule has 5 unspecified atom stereocenters. The monoisotopic (exact) mass is 166 g/mol. The number of hydrogen-bond donors (Lipinski definition) is 0. The fraction of sp³-hybridized carbons (Fsp3) is 1.00. The quantitative estimate of drug-likeness (QED) is 0.516. The maximum atomic E-state index is 2.48. The number of hydrogen-bond acceptors (Lipinski definition) is 0. The lowest BCUT2D eigenvalue weighted by molar-refractivity contribution is -0.0466. The van der Waals surface area contributed by atoms with Crippen molar-refractivity contribution in [3.63, 3.8) is 0 Å². The molecule has 0 aliphatic heterocycles. The van der Waals surface area contributed by atoms with Crippen LogP contribution in [0, 0.1) is 35.5 Å². The third kappa shape index (κ3) is 0.963. The number of fused-ring (bicyclic) bond motifs is 3. The maximum Gasteiger partial charge on any atom is -0.0357 e. The Morgan fingerprint density at radius 3 is 1.08 bits per heavy atom. The molecule has 12 heavy (non-hydrogen) atoms. The second-order valence-electron chi connectivity index (χ2n) is 5.34. The van der Waals surface area contributed by atoms with Gasteiger partial charge in [-0.15, -0.1) is 0 Å². The van der Waals surface area contributed by atoms with E-state index in [2.05, 4.69) is 27.7 Å². The topological polar surface area (TPSA) is 0 Å². The van der Waals surface area contributed by atoms with Gasteiger partial charge in [0.05, 0.1) is 0 Å². The van der Waals surface area contributed by atoms with E-state index in [0.29, 0.717) is 0 Å². The van der Waals surface area contributed by atoms with Gasteiger partial charge in [-0.25, -0.2) is 0 Å². The van der Waals surface area contributed by atoms with Gasteiger partial charge in [0, 0.05) is 0 Å². The highest BCUT2D eigenvalue weighted by atomic mass is 14.5. The van der Waals surface area contributed by atoms with E-state index in [9.17, 15) is 0 Å². The van der Waals surface area contributed by atoms with E-state index in [1.165, 1.54) is 12.8 Å². The van der Waals surface area contributed by atoms with E-state index in [1.807, 2.05) is 0 Å². The first kappa shape index (κ1) is 8.59. The van der Waals surface area contributed by atoms with Gasteiger partial charge in [0.1, 0.15) is 0 Å². The third-order valence-corrected chi connectivity index (χ3v) is 5.19. The molecule has 6 atom stereocenters. The molecule has 0 heteroatoms. The van der Waals surface area contributed by atoms with Crippen molar-refractivity contribution >= 4 is 0 Å². The molecule has 0 amide bonds. The van der Waals surface area contributed by atoms with Crippen molar-refractivity contribution in [2.75, 3.05) is 0 Å². The lowest BCUT2D eigenvalue weighted by Gasteiger charge is -2.53. The highest BCUT2D eigenvalue weighted by molar-refractivity contribution is 4.95. The normalized spacial score (nSPS) is 59.0. The van der Waals surface area contributed by atoms with Crippen LogP contribution < -0.4 is 0 Å². The van der Waals surface area contributed by atoms with Crippen LogP contribution in [0.4, 0.5) is 0 Å². The molecule has 0 radical (unpaired) electrons. The first-order chi connectivity index (χ1) is 5.63. The van der Waals surface area contributed by atoms with Crippen LogP contribution in [0.1, 0.15) is 40.5 Å². The van der Waals surface area contributed by atoms with Crippen molar-refractivity contribution in [3.05, 3.63) is 0 Å². The van der Waals surface area contributed by atoms with Crippen molar-refractivity contribution < 1.29 is 0 Å². The van der Waals surface area contributed by atoms with Crippen molar-refractivity contribution in [1.82, 2.24) is 0 Å². The van der Waals surface area contributed by atoms with E-state index >= 15 is 0 Å². The highest BCUT2D eigenvalue weighted by Gasteiger charge is 2.46. The Bertz CT molecular complexity index is 137. The molecule has 0 spiro atoms. The summed E-state index contributed by atoms with van der Waals surface area (Å²) in [6.07, 6.45) is 3.03. The van der Waals surface area contributed by atoms with Gasteiger partial charge in [-0.05, 0) is 48.3 Å². The Morgan fingerprint density at radius 2 is 0.833 bits per heavy atom. The molecule has 3 saturated carbocycles.